The van der Waals surface area contributed by atoms with Gasteiger partial charge in [-0.3, -0.25) is 9.78 Å². The minimum absolute atomic E-state index is 0.168. The van der Waals surface area contributed by atoms with Crippen LogP contribution < -0.4 is 11.1 Å². The van der Waals surface area contributed by atoms with Crippen molar-refractivity contribution >= 4 is 11.6 Å². The normalized spacial score (nSPS) is 10.5. The van der Waals surface area contributed by atoms with E-state index >= 15 is 0 Å². The van der Waals surface area contributed by atoms with Crippen LogP contribution in [0.3, 0.4) is 0 Å². The maximum atomic E-state index is 11.5. The van der Waals surface area contributed by atoms with Crippen LogP contribution in [0.4, 0.5) is 5.69 Å². The van der Waals surface area contributed by atoms with E-state index in [4.69, 9.17) is 5.73 Å². The van der Waals surface area contributed by atoms with Gasteiger partial charge in [-0.05, 0) is 17.2 Å². The summed E-state index contributed by atoms with van der Waals surface area (Å²) in [5.74, 6) is -0.317. The first kappa shape index (κ1) is 15.7. The molecule has 4 heteroatoms. The highest BCUT2D eigenvalue weighted by molar-refractivity contribution is 5.98. The Morgan fingerprint density at radius 3 is 2.08 bits per heavy atom. The number of hydrogen-bond acceptors (Lipinski definition) is 3. The second-order valence-electron chi connectivity index (χ2n) is 5.54. The molecule has 1 heterocycles. The molecule has 4 nitrogen and oxygen atoms in total. The SMILES string of the molecule is NC(=O)c1cnccc1NCC(c1ccccc1)c1ccccc1. The average molecular weight is 317 g/mol. The third-order valence-corrected chi connectivity index (χ3v) is 3.99. The Bertz CT molecular complexity index is 764. The van der Waals surface area contributed by atoms with Crippen LogP contribution in [0.15, 0.2) is 79.1 Å². The molecule has 0 saturated heterocycles. The predicted octanol–water partition coefficient (Wildman–Crippen LogP) is 3.42. The lowest BCUT2D eigenvalue weighted by molar-refractivity contribution is 0.100. The van der Waals surface area contributed by atoms with Gasteiger partial charge in [0.2, 0.25) is 0 Å². The van der Waals surface area contributed by atoms with Gasteiger partial charge in [0.25, 0.3) is 5.91 Å². The fourth-order valence-electron chi connectivity index (χ4n) is 2.76. The average Bonchev–Trinajstić information content (AvgIpc) is 2.64. The number of carbonyl (C=O) groups is 1. The van der Waals surface area contributed by atoms with E-state index in [1.807, 2.05) is 36.4 Å². The number of carbonyl (C=O) groups excluding carboxylic acids is 1. The van der Waals surface area contributed by atoms with Crippen molar-refractivity contribution in [2.45, 2.75) is 5.92 Å². The van der Waals surface area contributed by atoms with Crippen LogP contribution in [0.1, 0.15) is 27.4 Å². The van der Waals surface area contributed by atoms with Crippen molar-refractivity contribution < 1.29 is 4.79 Å². The Kier molecular flexibility index (Phi) is 4.87. The number of primary amides is 1. The van der Waals surface area contributed by atoms with Crippen LogP contribution in [0.25, 0.3) is 0 Å². The zero-order chi connectivity index (χ0) is 16.8. The molecule has 0 fully saturated rings. The molecule has 1 amide bonds. The van der Waals surface area contributed by atoms with Gasteiger partial charge in [0.1, 0.15) is 0 Å². The topological polar surface area (TPSA) is 68.0 Å². The number of amides is 1. The highest BCUT2D eigenvalue weighted by Crippen LogP contribution is 2.25. The Hall–Kier alpha value is -3.14. The molecule has 0 radical (unpaired) electrons. The molecule has 0 saturated carbocycles. The van der Waals surface area contributed by atoms with Gasteiger partial charge in [-0.15, -0.1) is 0 Å². The van der Waals surface area contributed by atoms with Gasteiger partial charge >= 0.3 is 0 Å². The summed E-state index contributed by atoms with van der Waals surface area (Å²) >= 11 is 0. The molecule has 0 unspecified atom stereocenters. The molecule has 24 heavy (non-hydrogen) atoms. The van der Waals surface area contributed by atoms with Gasteiger partial charge in [0.15, 0.2) is 0 Å². The van der Waals surface area contributed by atoms with Crippen molar-refractivity contribution in [3.8, 4) is 0 Å². The molecule has 0 bridgehead atoms. The van der Waals surface area contributed by atoms with Crippen LogP contribution in [0, 0.1) is 0 Å². The summed E-state index contributed by atoms with van der Waals surface area (Å²) in [6.45, 7) is 0.651. The van der Waals surface area contributed by atoms with E-state index in [0.29, 0.717) is 17.8 Å². The van der Waals surface area contributed by atoms with Crippen molar-refractivity contribution in [3.05, 3.63) is 95.8 Å². The zero-order valence-corrected chi connectivity index (χ0v) is 13.2. The van der Waals surface area contributed by atoms with E-state index < -0.39 is 5.91 Å². The van der Waals surface area contributed by atoms with Crippen LogP contribution in [-0.4, -0.2) is 17.4 Å². The number of nitrogens with one attached hydrogen (secondary N) is 1. The van der Waals surface area contributed by atoms with Crippen molar-refractivity contribution in [2.75, 3.05) is 11.9 Å². The maximum Gasteiger partial charge on any atom is 0.252 e. The Balaban J connectivity index is 1.87. The molecule has 3 rings (SSSR count). The minimum Gasteiger partial charge on any atom is -0.383 e. The van der Waals surface area contributed by atoms with Crippen LogP contribution in [-0.2, 0) is 0 Å². The number of pyridine rings is 1. The number of nitrogens with two attached hydrogens (primary N) is 1. The van der Waals surface area contributed by atoms with Gasteiger partial charge < -0.3 is 11.1 Å². The van der Waals surface area contributed by atoms with Crippen LogP contribution in [0.5, 0.6) is 0 Å². The molecule has 120 valence electrons. The lowest BCUT2D eigenvalue weighted by atomic mass is 9.91. The lowest BCUT2D eigenvalue weighted by Gasteiger charge is -2.20. The third kappa shape index (κ3) is 3.60. The van der Waals surface area contributed by atoms with E-state index in [1.54, 1.807) is 12.3 Å². The molecule has 0 aliphatic heterocycles. The smallest absolute Gasteiger partial charge is 0.252 e. The molecular weight excluding hydrogens is 298 g/mol. The summed E-state index contributed by atoms with van der Waals surface area (Å²) in [7, 11) is 0. The number of aromatic nitrogens is 1. The fourth-order valence-corrected chi connectivity index (χ4v) is 2.76. The summed E-state index contributed by atoms with van der Waals surface area (Å²) in [5.41, 5.74) is 8.96. The van der Waals surface area contributed by atoms with Crippen LogP contribution in [0.2, 0.25) is 0 Å². The first-order valence-electron chi connectivity index (χ1n) is 7.83. The van der Waals surface area contributed by atoms with Gasteiger partial charge in [0.05, 0.1) is 11.3 Å². The largest absolute Gasteiger partial charge is 0.383 e. The highest BCUT2D eigenvalue weighted by Gasteiger charge is 2.15. The van der Waals surface area contributed by atoms with Gasteiger partial charge in [-0.1, -0.05) is 60.7 Å². The molecular formula is C20H19N3O. The molecule has 3 N–H and O–H groups in total. The summed E-state index contributed by atoms with van der Waals surface area (Å²) in [4.78, 5) is 15.5. The molecule has 0 spiro atoms. The molecule has 0 aliphatic rings. The Morgan fingerprint density at radius 1 is 0.958 bits per heavy atom. The van der Waals surface area contributed by atoms with E-state index in [2.05, 4.69) is 34.6 Å². The molecule has 1 aromatic heterocycles. The standard InChI is InChI=1S/C20H19N3O/c21-20(24)18-13-22-12-11-19(18)23-14-17(15-7-3-1-4-8-15)16-9-5-2-6-10-16/h1-13,17H,14H2,(H2,21,24)(H,22,23). The number of hydrogen-bond donors (Lipinski definition) is 2. The first-order valence-corrected chi connectivity index (χ1v) is 7.83. The van der Waals surface area contributed by atoms with E-state index in [1.165, 1.54) is 17.3 Å². The van der Waals surface area contributed by atoms with E-state index in [0.717, 1.165) is 0 Å². The predicted molar refractivity (Wildman–Crippen MR) is 96.0 cm³/mol. The molecule has 0 atom stereocenters. The third-order valence-electron chi connectivity index (χ3n) is 3.99. The van der Waals surface area contributed by atoms with E-state index in [-0.39, 0.29) is 5.92 Å². The van der Waals surface area contributed by atoms with Crippen molar-refractivity contribution in [3.63, 3.8) is 0 Å². The van der Waals surface area contributed by atoms with Crippen LogP contribution >= 0.6 is 0 Å². The monoisotopic (exact) mass is 317 g/mol. The summed E-state index contributed by atoms with van der Waals surface area (Å²) in [6.07, 6.45) is 3.14. The minimum atomic E-state index is -0.485. The number of anilines is 1. The lowest BCUT2D eigenvalue weighted by Crippen LogP contribution is -2.18. The van der Waals surface area contributed by atoms with Gasteiger partial charge in [-0.25, -0.2) is 0 Å². The van der Waals surface area contributed by atoms with Crippen molar-refractivity contribution in [1.29, 1.82) is 0 Å². The second-order valence-corrected chi connectivity index (χ2v) is 5.54. The Labute approximate surface area is 141 Å². The first-order chi connectivity index (χ1) is 11.8. The molecule has 2 aromatic carbocycles. The summed E-state index contributed by atoms with van der Waals surface area (Å²) in [5, 5.41) is 3.35. The zero-order valence-electron chi connectivity index (χ0n) is 13.2. The van der Waals surface area contributed by atoms with Gasteiger partial charge in [-0.2, -0.15) is 0 Å². The Morgan fingerprint density at radius 2 is 1.54 bits per heavy atom. The van der Waals surface area contributed by atoms with Crippen molar-refractivity contribution in [1.82, 2.24) is 4.98 Å². The summed E-state index contributed by atoms with van der Waals surface area (Å²) < 4.78 is 0. The maximum absolute atomic E-state index is 11.5. The number of nitrogens with zero attached hydrogens (tertiary/aromatic N) is 1. The van der Waals surface area contributed by atoms with E-state index in [9.17, 15) is 4.79 Å². The second kappa shape index (κ2) is 7.42. The highest BCUT2D eigenvalue weighted by atomic mass is 16.1. The van der Waals surface area contributed by atoms with Crippen molar-refractivity contribution in [2.24, 2.45) is 5.73 Å². The van der Waals surface area contributed by atoms with Gasteiger partial charge in [0, 0.05) is 24.9 Å². The number of rotatable bonds is 6. The quantitative estimate of drug-likeness (QED) is 0.732. The fraction of sp³-hybridized carbons (Fsp3) is 0.100. The molecule has 3 aromatic rings. The number of benzene rings is 2. The summed E-state index contributed by atoms with van der Waals surface area (Å²) in [6, 6.07) is 22.4. The molecule has 0 aliphatic carbocycles.